The Morgan fingerprint density at radius 2 is 2.05 bits per heavy atom. The molecule has 114 valence electrons. The lowest BCUT2D eigenvalue weighted by molar-refractivity contribution is -0.118. The Kier molecular flexibility index (Phi) is 3.88. The highest BCUT2D eigenvalue weighted by molar-refractivity contribution is 5.97. The van der Waals surface area contributed by atoms with Crippen LogP contribution in [0.1, 0.15) is 23.6 Å². The molecule has 1 atom stereocenters. The molecule has 22 heavy (non-hydrogen) atoms. The summed E-state index contributed by atoms with van der Waals surface area (Å²) in [6.45, 7) is 4.11. The van der Waals surface area contributed by atoms with Crippen molar-refractivity contribution in [1.29, 1.82) is 0 Å². The van der Waals surface area contributed by atoms with Crippen molar-refractivity contribution in [2.75, 3.05) is 12.0 Å². The highest BCUT2D eigenvalue weighted by Crippen LogP contribution is 2.32. The average molecular weight is 295 g/mol. The summed E-state index contributed by atoms with van der Waals surface area (Å²) < 4.78 is 5.27. The minimum atomic E-state index is 0.155. The number of amides is 1. The number of carbonyl (C=O) groups is 1. The normalized spacial score (nSPS) is 16.5. The van der Waals surface area contributed by atoms with Gasteiger partial charge in [-0.2, -0.15) is 0 Å². The monoisotopic (exact) mass is 295 g/mol. The van der Waals surface area contributed by atoms with Gasteiger partial charge in [0.1, 0.15) is 5.75 Å². The van der Waals surface area contributed by atoms with Crippen molar-refractivity contribution in [2.45, 2.75) is 32.7 Å². The summed E-state index contributed by atoms with van der Waals surface area (Å²) in [7, 11) is 1.66. The van der Waals surface area contributed by atoms with Crippen LogP contribution in [0.5, 0.6) is 5.75 Å². The van der Waals surface area contributed by atoms with Crippen molar-refractivity contribution in [3.05, 3.63) is 59.2 Å². The lowest BCUT2D eigenvalue weighted by Gasteiger charge is -2.23. The second-order valence-corrected chi connectivity index (χ2v) is 5.93. The maximum Gasteiger partial charge on any atom is 0.231 e. The van der Waals surface area contributed by atoms with Gasteiger partial charge in [0.05, 0.1) is 13.5 Å². The molecule has 0 bridgehead atoms. The topological polar surface area (TPSA) is 29.5 Å². The van der Waals surface area contributed by atoms with E-state index in [1.54, 1.807) is 7.11 Å². The first-order valence-electron chi connectivity index (χ1n) is 7.63. The molecular formula is C19H21NO2. The molecule has 1 heterocycles. The first-order chi connectivity index (χ1) is 10.6. The lowest BCUT2D eigenvalue weighted by Crippen LogP contribution is -2.36. The average Bonchev–Trinajstić information content (AvgIpc) is 2.83. The van der Waals surface area contributed by atoms with Gasteiger partial charge in [-0.1, -0.05) is 30.3 Å². The van der Waals surface area contributed by atoms with Crippen LogP contribution in [0.15, 0.2) is 42.5 Å². The third kappa shape index (κ3) is 2.59. The molecule has 0 spiro atoms. The summed E-state index contributed by atoms with van der Waals surface area (Å²) >= 11 is 0. The molecule has 2 aromatic carbocycles. The minimum absolute atomic E-state index is 0.155. The van der Waals surface area contributed by atoms with E-state index in [0.717, 1.165) is 29.0 Å². The Morgan fingerprint density at radius 1 is 1.27 bits per heavy atom. The van der Waals surface area contributed by atoms with Crippen LogP contribution >= 0.6 is 0 Å². The molecule has 0 aromatic heterocycles. The van der Waals surface area contributed by atoms with Crippen LogP contribution in [-0.2, 0) is 17.6 Å². The third-order valence-corrected chi connectivity index (χ3v) is 4.29. The third-order valence-electron chi connectivity index (χ3n) is 4.29. The Bertz CT molecular complexity index is 708. The van der Waals surface area contributed by atoms with Crippen molar-refractivity contribution < 1.29 is 9.53 Å². The zero-order valence-electron chi connectivity index (χ0n) is 13.3. The number of methoxy groups -OCH3 is 1. The van der Waals surface area contributed by atoms with Gasteiger partial charge in [0.25, 0.3) is 0 Å². The molecule has 1 unspecified atom stereocenters. The van der Waals surface area contributed by atoms with Crippen LogP contribution in [0.25, 0.3) is 0 Å². The Hall–Kier alpha value is -2.29. The highest BCUT2D eigenvalue weighted by Gasteiger charge is 2.30. The maximum absolute atomic E-state index is 12.7. The zero-order chi connectivity index (χ0) is 15.7. The van der Waals surface area contributed by atoms with E-state index in [2.05, 4.69) is 13.0 Å². The van der Waals surface area contributed by atoms with Gasteiger partial charge in [0, 0.05) is 11.7 Å². The molecule has 0 radical (unpaired) electrons. The molecule has 1 amide bonds. The number of anilines is 1. The van der Waals surface area contributed by atoms with Crippen LogP contribution < -0.4 is 9.64 Å². The molecule has 0 saturated carbocycles. The predicted octanol–water partition coefficient (Wildman–Crippen LogP) is 3.52. The van der Waals surface area contributed by atoms with Crippen LogP contribution in [0.2, 0.25) is 0 Å². The van der Waals surface area contributed by atoms with Crippen molar-refractivity contribution in [3.63, 3.8) is 0 Å². The number of rotatable bonds is 3. The molecule has 0 saturated heterocycles. The number of hydrogen-bond donors (Lipinski definition) is 0. The van der Waals surface area contributed by atoms with Gasteiger partial charge in [0.15, 0.2) is 0 Å². The van der Waals surface area contributed by atoms with Crippen molar-refractivity contribution in [3.8, 4) is 5.75 Å². The van der Waals surface area contributed by atoms with Crippen LogP contribution in [0, 0.1) is 6.92 Å². The molecular weight excluding hydrogens is 274 g/mol. The number of ether oxygens (including phenoxy) is 1. The van der Waals surface area contributed by atoms with E-state index in [-0.39, 0.29) is 11.9 Å². The molecule has 0 fully saturated rings. The van der Waals surface area contributed by atoms with Crippen molar-refractivity contribution in [2.24, 2.45) is 0 Å². The molecule has 0 aliphatic carbocycles. The van der Waals surface area contributed by atoms with Gasteiger partial charge in [-0.05, 0) is 49.1 Å². The molecule has 2 aromatic rings. The first kappa shape index (κ1) is 14.6. The predicted molar refractivity (Wildman–Crippen MR) is 88.5 cm³/mol. The molecule has 0 N–H and O–H groups in total. The first-order valence-corrected chi connectivity index (χ1v) is 7.63. The van der Waals surface area contributed by atoms with E-state index in [1.807, 2.05) is 48.2 Å². The SMILES string of the molecule is COc1ccc(CC(=O)N2c3ccccc3CC2C)cc1C. The smallest absolute Gasteiger partial charge is 0.231 e. The van der Waals surface area contributed by atoms with Gasteiger partial charge >= 0.3 is 0 Å². The lowest BCUT2D eigenvalue weighted by atomic mass is 10.1. The van der Waals surface area contributed by atoms with Crippen LogP contribution in [-0.4, -0.2) is 19.1 Å². The second kappa shape index (κ2) is 5.84. The molecule has 3 nitrogen and oxygen atoms in total. The summed E-state index contributed by atoms with van der Waals surface area (Å²) in [6.07, 6.45) is 1.35. The van der Waals surface area contributed by atoms with Crippen LogP contribution in [0.4, 0.5) is 5.69 Å². The van der Waals surface area contributed by atoms with Crippen molar-refractivity contribution in [1.82, 2.24) is 0 Å². The van der Waals surface area contributed by atoms with E-state index in [4.69, 9.17) is 4.74 Å². The number of para-hydroxylation sites is 1. The van der Waals surface area contributed by atoms with E-state index >= 15 is 0 Å². The van der Waals surface area contributed by atoms with Gasteiger partial charge in [-0.25, -0.2) is 0 Å². The number of nitrogens with zero attached hydrogens (tertiary/aromatic N) is 1. The fourth-order valence-electron chi connectivity index (χ4n) is 3.26. The van der Waals surface area contributed by atoms with Gasteiger partial charge in [0.2, 0.25) is 5.91 Å². The summed E-state index contributed by atoms with van der Waals surface area (Å²) in [6, 6.07) is 14.3. The molecule has 3 heteroatoms. The highest BCUT2D eigenvalue weighted by atomic mass is 16.5. The Labute approximate surface area is 131 Å². The summed E-state index contributed by atoms with van der Waals surface area (Å²) in [4.78, 5) is 14.7. The Balaban J connectivity index is 1.82. The van der Waals surface area contributed by atoms with Crippen molar-refractivity contribution >= 4 is 11.6 Å². The number of aryl methyl sites for hydroxylation is 1. The van der Waals surface area contributed by atoms with E-state index in [0.29, 0.717) is 6.42 Å². The van der Waals surface area contributed by atoms with E-state index in [9.17, 15) is 4.79 Å². The zero-order valence-corrected chi connectivity index (χ0v) is 13.3. The fraction of sp³-hybridized carbons (Fsp3) is 0.316. The van der Waals surface area contributed by atoms with Gasteiger partial charge in [-0.15, -0.1) is 0 Å². The van der Waals surface area contributed by atoms with Crippen LogP contribution in [0.3, 0.4) is 0 Å². The summed E-state index contributed by atoms with van der Waals surface area (Å²) in [5.41, 5.74) is 4.40. The minimum Gasteiger partial charge on any atom is -0.496 e. The quantitative estimate of drug-likeness (QED) is 0.867. The molecule has 1 aliphatic rings. The second-order valence-electron chi connectivity index (χ2n) is 5.93. The number of carbonyl (C=O) groups excluding carboxylic acids is 1. The summed E-state index contributed by atoms with van der Waals surface area (Å²) in [5.74, 6) is 1.01. The maximum atomic E-state index is 12.7. The largest absolute Gasteiger partial charge is 0.496 e. The molecule has 1 aliphatic heterocycles. The number of hydrogen-bond acceptors (Lipinski definition) is 2. The number of fused-ring (bicyclic) bond motifs is 1. The standard InChI is InChI=1S/C19H21NO2/c1-13-10-15(8-9-18(13)22-3)12-19(21)20-14(2)11-16-6-4-5-7-17(16)20/h4-10,14H,11-12H2,1-3H3. The Morgan fingerprint density at radius 3 is 2.77 bits per heavy atom. The fourth-order valence-corrected chi connectivity index (χ4v) is 3.26. The summed E-state index contributed by atoms with van der Waals surface area (Å²) in [5, 5.41) is 0. The number of benzene rings is 2. The van der Waals surface area contributed by atoms with E-state index < -0.39 is 0 Å². The molecule has 3 rings (SSSR count). The van der Waals surface area contributed by atoms with Gasteiger partial charge in [-0.3, -0.25) is 4.79 Å². The van der Waals surface area contributed by atoms with Gasteiger partial charge < -0.3 is 9.64 Å². The van der Waals surface area contributed by atoms with E-state index in [1.165, 1.54) is 5.56 Å².